The number of carbonyl (C=O) groups is 1. The maximum absolute atomic E-state index is 13.4. The average Bonchev–Trinajstić information content (AvgIpc) is 2.75. The van der Waals surface area contributed by atoms with Crippen molar-refractivity contribution < 1.29 is 9.18 Å². The van der Waals surface area contributed by atoms with Crippen molar-refractivity contribution in [3.63, 3.8) is 0 Å². The van der Waals surface area contributed by atoms with E-state index < -0.39 is 0 Å². The molecular weight excluding hydrogens is 229 g/mol. The van der Waals surface area contributed by atoms with Gasteiger partial charge in [-0.3, -0.25) is 4.79 Å². The van der Waals surface area contributed by atoms with Crippen LogP contribution < -0.4 is 5.32 Å². The summed E-state index contributed by atoms with van der Waals surface area (Å²) in [6.45, 7) is 3.12. The van der Waals surface area contributed by atoms with E-state index in [1.807, 2.05) is 0 Å². The van der Waals surface area contributed by atoms with Gasteiger partial charge in [-0.25, -0.2) is 4.39 Å². The van der Waals surface area contributed by atoms with E-state index in [4.69, 9.17) is 11.6 Å². The topological polar surface area (TPSA) is 29.1 Å². The predicted octanol–water partition coefficient (Wildman–Crippen LogP) is 2.58. The molecule has 1 aliphatic rings. The van der Waals surface area contributed by atoms with Crippen LogP contribution in [0.5, 0.6) is 0 Å². The molecule has 0 amide bonds. The van der Waals surface area contributed by atoms with Crippen molar-refractivity contribution in [1.82, 2.24) is 5.32 Å². The molecule has 1 atom stereocenters. The van der Waals surface area contributed by atoms with Crippen LogP contribution in [0.3, 0.4) is 0 Å². The van der Waals surface area contributed by atoms with E-state index in [0.29, 0.717) is 22.7 Å². The second-order valence-electron chi connectivity index (χ2n) is 4.14. The van der Waals surface area contributed by atoms with Gasteiger partial charge in [-0.15, -0.1) is 0 Å². The molecule has 2 nitrogen and oxygen atoms in total. The molecule has 86 valence electrons. The second kappa shape index (κ2) is 4.52. The van der Waals surface area contributed by atoms with Crippen molar-refractivity contribution in [1.29, 1.82) is 0 Å². The molecule has 2 rings (SSSR count). The van der Waals surface area contributed by atoms with E-state index in [9.17, 15) is 9.18 Å². The number of rotatable bonds is 2. The molecule has 0 bridgehead atoms. The lowest BCUT2D eigenvalue weighted by atomic mass is 9.96. The number of benzene rings is 1. The van der Waals surface area contributed by atoms with Crippen LogP contribution in [0.4, 0.5) is 4.39 Å². The molecule has 1 aromatic rings. The normalized spacial score (nSPS) is 20.1. The highest BCUT2D eigenvalue weighted by Gasteiger charge is 2.25. The summed E-state index contributed by atoms with van der Waals surface area (Å²) in [6.07, 6.45) is 0.796. The Morgan fingerprint density at radius 3 is 2.94 bits per heavy atom. The highest BCUT2D eigenvalue weighted by atomic mass is 35.5. The quantitative estimate of drug-likeness (QED) is 0.807. The Bertz CT molecular complexity index is 427. The van der Waals surface area contributed by atoms with Gasteiger partial charge in [0.05, 0.1) is 5.02 Å². The molecule has 1 aromatic carbocycles. The molecule has 1 heterocycles. The molecule has 0 saturated carbocycles. The van der Waals surface area contributed by atoms with E-state index in [0.717, 1.165) is 13.0 Å². The average molecular weight is 242 g/mol. The van der Waals surface area contributed by atoms with Gasteiger partial charge in [0.15, 0.2) is 5.78 Å². The van der Waals surface area contributed by atoms with E-state index in [2.05, 4.69) is 5.32 Å². The van der Waals surface area contributed by atoms with Crippen molar-refractivity contribution in [2.24, 2.45) is 5.92 Å². The zero-order chi connectivity index (χ0) is 11.7. The molecular formula is C12H13ClFNO. The Kier molecular flexibility index (Phi) is 3.26. The molecule has 1 saturated heterocycles. The first-order valence-corrected chi connectivity index (χ1v) is 5.68. The number of Topliss-reactive ketones (excluding diaryl/α,β-unsaturated/α-hetero) is 1. The van der Waals surface area contributed by atoms with Crippen molar-refractivity contribution >= 4 is 17.4 Å². The van der Waals surface area contributed by atoms with Gasteiger partial charge in [0.25, 0.3) is 0 Å². The molecule has 16 heavy (non-hydrogen) atoms. The fourth-order valence-corrected chi connectivity index (χ4v) is 2.24. The third-order valence-electron chi connectivity index (χ3n) is 2.94. The van der Waals surface area contributed by atoms with Gasteiger partial charge >= 0.3 is 0 Å². The van der Waals surface area contributed by atoms with Crippen LogP contribution in [0.2, 0.25) is 5.02 Å². The number of nitrogens with one attached hydrogen (secondary N) is 1. The molecule has 0 spiro atoms. The van der Waals surface area contributed by atoms with Gasteiger partial charge in [0, 0.05) is 18.0 Å². The molecule has 1 aliphatic heterocycles. The third kappa shape index (κ3) is 2.11. The Morgan fingerprint density at radius 1 is 1.56 bits per heavy atom. The first-order chi connectivity index (χ1) is 7.59. The Labute approximate surface area is 98.8 Å². The van der Waals surface area contributed by atoms with Gasteiger partial charge in [-0.1, -0.05) is 11.6 Å². The fourth-order valence-electron chi connectivity index (χ4n) is 1.93. The number of carbonyl (C=O) groups excluding carboxylic acids is 1. The lowest BCUT2D eigenvalue weighted by Gasteiger charge is -2.10. The Hall–Kier alpha value is -0.930. The van der Waals surface area contributed by atoms with Crippen LogP contribution in [0.25, 0.3) is 0 Å². The van der Waals surface area contributed by atoms with Crippen molar-refractivity contribution in [3.05, 3.63) is 34.1 Å². The zero-order valence-corrected chi connectivity index (χ0v) is 9.77. The highest BCUT2D eigenvalue weighted by molar-refractivity contribution is 6.34. The van der Waals surface area contributed by atoms with Crippen LogP contribution in [0.15, 0.2) is 12.1 Å². The summed E-state index contributed by atoms with van der Waals surface area (Å²) in [6, 6.07) is 2.75. The second-order valence-corrected chi connectivity index (χ2v) is 4.54. The van der Waals surface area contributed by atoms with E-state index in [-0.39, 0.29) is 17.5 Å². The summed E-state index contributed by atoms with van der Waals surface area (Å²) in [7, 11) is 0. The van der Waals surface area contributed by atoms with Gasteiger partial charge in [0.2, 0.25) is 0 Å². The van der Waals surface area contributed by atoms with E-state index in [1.165, 1.54) is 12.1 Å². The van der Waals surface area contributed by atoms with Crippen molar-refractivity contribution in [3.8, 4) is 0 Å². The lowest BCUT2D eigenvalue weighted by Crippen LogP contribution is -2.18. The van der Waals surface area contributed by atoms with Gasteiger partial charge in [-0.2, -0.15) is 0 Å². The molecule has 0 aliphatic carbocycles. The first-order valence-electron chi connectivity index (χ1n) is 5.30. The first kappa shape index (κ1) is 11.6. The monoisotopic (exact) mass is 241 g/mol. The molecule has 1 unspecified atom stereocenters. The van der Waals surface area contributed by atoms with Crippen LogP contribution in [0, 0.1) is 18.7 Å². The third-order valence-corrected chi connectivity index (χ3v) is 3.26. The van der Waals surface area contributed by atoms with E-state index in [1.54, 1.807) is 6.92 Å². The molecule has 1 N–H and O–H groups in total. The number of hydrogen-bond acceptors (Lipinski definition) is 2. The molecule has 1 fully saturated rings. The molecule has 4 heteroatoms. The van der Waals surface area contributed by atoms with Crippen LogP contribution >= 0.6 is 11.6 Å². The summed E-state index contributed by atoms with van der Waals surface area (Å²) in [4.78, 5) is 12.0. The van der Waals surface area contributed by atoms with E-state index >= 15 is 0 Å². The number of halogens is 2. The molecule has 0 aromatic heterocycles. The minimum absolute atomic E-state index is 0.0612. The summed E-state index contributed by atoms with van der Waals surface area (Å²) >= 11 is 5.97. The van der Waals surface area contributed by atoms with Gasteiger partial charge < -0.3 is 5.32 Å². The van der Waals surface area contributed by atoms with Crippen LogP contribution in [-0.2, 0) is 0 Å². The summed E-state index contributed by atoms with van der Waals surface area (Å²) in [5, 5.41) is 3.45. The molecule has 0 radical (unpaired) electrons. The lowest BCUT2D eigenvalue weighted by molar-refractivity contribution is 0.0930. The van der Waals surface area contributed by atoms with Crippen molar-refractivity contribution in [2.45, 2.75) is 13.3 Å². The number of ketones is 1. The standard InChI is InChI=1S/C12H13ClFNO/c1-7-4-10(13)9(5-11(7)14)12(16)8-2-3-15-6-8/h4-5,8,15H,2-3,6H2,1H3. The summed E-state index contributed by atoms with van der Waals surface area (Å²) < 4.78 is 13.4. The number of hydrogen-bond donors (Lipinski definition) is 1. The maximum Gasteiger partial charge on any atom is 0.168 e. The number of aryl methyl sites for hydroxylation is 1. The van der Waals surface area contributed by atoms with Crippen molar-refractivity contribution in [2.75, 3.05) is 13.1 Å². The maximum atomic E-state index is 13.4. The van der Waals surface area contributed by atoms with Crippen LogP contribution in [-0.4, -0.2) is 18.9 Å². The summed E-state index contributed by atoms with van der Waals surface area (Å²) in [5.41, 5.74) is 0.768. The Balaban J connectivity index is 2.32. The summed E-state index contributed by atoms with van der Waals surface area (Å²) in [5.74, 6) is -0.507. The smallest absolute Gasteiger partial charge is 0.168 e. The van der Waals surface area contributed by atoms with Gasteiger partial charge in [0.1, 0.15) is 5.82 Å². The Morgan fingerprint density at radius 2 is 2.31 bits per heavy atom. The largest absolute Gasteiger partial charge is 0.316 e. The highest BCUT2D eigenvalue weighted by Crippen LogP contribution is 2.25. The SMILES string of the molecule is Cc1cc(Cl)c(C(=O)C2CCNC2)cc1F. The zero-order valence-electron chi connectivity index (χ0n) is 9.02. The fraction of sp³-hybridized carbons (Fsp3) is 0.417. The van der Waals surface area contributed by atoms with Crippen LogP contribution in [0.1, 0.15) is 22.3 Å². The minimum Gasteiger partial charge on any atom is -0.316 e. The van der Waals surface area contributed by atoms with Gasteiger partial charge in [-0.05, 0) is 37.6 Å². The minimum atomic E-state index is -0.376. The predicted molar refractivity (Wildman–Crippen MR) is 61.5 cm³/mol.